The first-order valence-electron chi connectivity index (χ1n) is 7.60. The first-order valence-corrected chi connectivity index (χ1v) is 7.60. The van der Waals surface area contributed by atoms with Gasteiger partial charge in [-0.15, -0.1) is 0 Å². The van der Waals surface area contributed by atoms with Crippen molar-refractivity contribution in [3.8, 4) is 0 Å². The summed E-state index contributed by atoms with van der Waals surface area (Å²) in [5.74, 6) is -0.320. The third kappa shape index (κ3) is 2.76. The van der Waals surface area contributed by atoms with Gasteiger partial charge in [0.2, 0.25) is 0 Å². The van der Waals surface area contributed by atoms with E-state index in [0.29, 0.717) is 25.4 Å². The van der Waals surface area contributed by atoms with Crippen LogP contribution in [0.4, 0.5) is 5.69 Å². The van der Waals surface area contributed by atoms with Gasteiger partial charge in [0.05, 0.1) is 31.0 Å². The fraction of sp³-hybridized carbons (Fsp3) is 0.412. The molecule has 0 aliphatic carbocycles. The molecule has 0 atom stereocenters. The van der Waals surface area contributed by atoms with Crippen LogP contribution < -0.4 is 4.90 Å². The maximum atomic E-state index is 12.3. The molecule has 0 N–H and O–H groups in total. The van der Waals surface area contributed by atoms with Gasteiger partial charge in [-0.1, -0.05) is 11.6 Å². The Hall–Kier alpha value is -2.14. The van der Waals surface area contributed by atoms with Crippen molar-refractivity contribution in [2.75, 3.05) is 37.8 Å². The molecule has 1 aliphatic rings. The van der Waals surface area contributed by atoms with Crippen LogP contribution in [0.1, 0.15) is 22.8 Å². The molecule has 1 aromatic carbocycles. The fourth-order valence-electron chi connectivity index (χ4n) is 2.78. The molecule has 1 saturated heterocycles. The lowest BCUT2D eigenvalue weighted by Crippen LogP contribution is -2.37. The zero-order valence-electron chi connectivity index (χ0n) is 13.0. The molecule has 0 bridgehead atoms. The second-order valence-electron chi connectivity index (χ2n) is 5.36. The Balaban J connectivity index is 2.18. The van der Waals surface area contributed by atoms with Crippen molar-refractivity contribution in [1.29, 1.82) is 0 Å². The van der Waals surface area contributed by atoms with E-state index in [4.69, 9.17) is 9.47 Å². The van der Waals surface area contributed by atoms with Crippen LogP contribution in [0.5, 0.6) is 0 Å². The highest BCUT2D eigenvalue weighted by atomic mass is 16.5. The number of rotatable bonds is 3. The van der Waals surface area contributed by atoms with Gasteiger partial charge in [0.15, 0.2) is 0 Å². The maximum absolute atomic E-state index is 12.3. The van der Waals surface area contributed by atoms with Crippen molar-refractivity contribution in [2.24, 2.45) is 0 Å². The van der Waals surface area contributed by atoms with E-state index in [9.17, 15) is 4.79 Å². The zero-order chi connectivity index (χ0) is 15.5. The van der Waals surface area contributed by atoms with Crippen molar-refractivity contribution in [1.82, 2.24) is 4.98 Å². The average molecular weight is 300 g/mol. The zero-order valence-corrected chi connectivity index (χ0v) is 13.0. The maximum Gasteiger partial charge on any atom is 0.341 e. The number of aryl methyl sites for hydroxylation is 1. The number of nitrogens with zero attached hydrogens (tertiary/aromatic N) is 2. The molecule has 1 aliphatic heterocycles. The van der Waals surface area contributed by atoms with Crippen molar-refractivity contribution < 1.29 is 14.3 Å². The molecule has 2 aromatic rings. The number of carbonyl (C=O) groups excluding carboxylic acids is 1. The summed E-state index contributed by atoms with van der Waals surface area (Å²) in [7, 11) is 0. The number of benzene rings is 1. The lowest BCUT2D eigenvalue weighted by atomic mass is 10.1. The van der Waals surface area contributed by atoms with E-state index in [1.807, 2.05) is 26.0 Å². The smallest absolute Gasteiger partial charge is 0.341 e. The van der Waals surface area contributed by atoms with Gasteiger partial charge >= 0.3 is 5.97 Å². The van der Waals surface area contributed by atoms with Crippen LogP contribution in [0.2, 0.25) is 0 Å². The van der Waals surface area contributed by atoms with Gasteiger partial charge < -0.3 is 14.4 Å². The Morgan fingerprint density at radius 1 is 1.36 bits per heavy atom. The van der Waals surface area contributed by atoms with Crippen LogP contribution in [-0.4, -0.2) is 43.9 Å². The molecule has 0 saturated carbocycles. The number of esters is 1. The third-order valence-electron chi connectivity index (χ3n) is 3.82. The third-order valence-corrected chi connectivity index (χ3v) is 3.82. The van der Waals surface area contributed by atoms with E-state index in [-0.39, 0.29) is 5.97 Å². The second-order valence-corrected chi connectivity index (χ2v) is 5.36. The summed E-state index contributed by atoms with van der Waals surface area (Å²) in [4.78, 5) is 18.9. The minimum absolute atomic E-state index is 0.320. The topological polar surface area (TPSA) is 51.7 Å². The molecule has 22 heavy (non-hydrogen) atoms. The second kappa shape index (κ2) is 6.32. The molecule has 0 unspecified atom stereocenters. The van der Waals surface area contributed by atoms with Gasteiger partial charge in [-0.05, 0) is 26.0 Å². The summed E-state index contributed by atoms with van der Waals surface area (Å²) in [6.07, 6.45) is 1.63. The van der Waals surface area contributed by atoms with Crippen LogP contribution in [0.3, 0.4) is 0 Å². The number of hydrogen-bond donors (Lipinski definition) is 0. The summed E-state index contributed by atoms with van der Waals surface area (Å²) in [5, 5.41) is 0.993. The Bertz CT molecular complexity index is 694. The molecule has 3 rings (SSSR count). The molecule has 0 spiro atoms. The van der Waals surface area contributed by atoms with Crippen LogP contribution in [0, 0.1) is 6.92 Å². The van der Waals surface area contributed by atoms with Crippen LogP contribution in [0.15, 0.2) is 24.4 Å². The van der Waals surface area contributed by atoms with Gasteiger partial charge in [0.25, 0.3) is 0 Å². The quantitative estimate of drug-likeness (QED) is 0.815. The minimum atomic E-state index is -0.320. The Labute approximate surface area is 129 Å². The monoisotopic (exact) mass is 300 g/mol. The summed E-state index contributed by atoms with van der Waals surface area (Å²) < 4.78 is 10.6. The summed E-state index contributed by atoms with van der Waals surface area (Å²) >= 11 is 0. The average Bonchev–Trinajstić information content (AvgIpc) is 2.54. The van der Waals surface area contributed by atoms with E-state index in [1.54, 1.807) is 6.20 Å². The lowest BCUT2D eigenvalue weighted by Gasteiger charge is -2.31. The highest BCUT2D eigenvalue weighted by Crippen LogP contribution is 2.31. The molecular weight excluding hydrogens is 280 g/mol. The summed E-state index contributed by atoms with van der Waals surface area (Å²) in [6.45, 7) is 7.06. The minimum Gasteiger partial charge on any atom is -0.462 e. The fourth-order valence-corrected chi connectivity index (χ4v) is 2.78. The Morgan fingerprint density at radius 2 is 2.14 bits per heavy atom. The Kier molecular flexibility index (Phi) is 4.24. The molecule has 0 radical (unpaired) electrons. The van der Waals surface area contributed by atoms with Crippen LogP contribution in [-0.2, 0) is 9.47 Å². The predicted molar refractivity (Wildman–Crippen MR) is 85.5 cm³/mol. The van der Waals surface area contributed by atoms with Crippen molar-refractivity contribution >= 4 is 22.6 Å². The number of carbonyl (C=O) groups is 1. The largest absolute Gasteiger partial charge is 0.462 e. The molecule has 0 amide bonds. The van der Waals surface area contributed by atoms with E-state index in [0.717, 1.165) is 35.2 Å². The molecule has 1 aromatic heterocycles. The highest BCUT2D eigenvalue weighted by Gasteiger charge is 2.23. The SMILES string of the molecule is CCOC(=O)c1cnc2ccc(C)cc2c1N1CCOCC1. The lowest BCUT2D eigenvalue weighted by molar-refractivity contribution is 0.0526. The van der Waals surface area contributed by atoms with Crippen LogP contribution in [0.25, 0.3) is 10.9 Å². The van der Waals surface area contributed by atoms with E-state index in [2.05, 4.69) is 16.0 Å². The van der Waals surface area contributed by atoms with Crippen LogP contribution >= 0.6 is 0 Å². The van der Waals surface area contributed by atoms with Gasteiger partial charge in [-0.2, -0.15) is 0 Å². The van der Waals surface area contributed by atoms with Gasteiger partial charge in [-0.25, -0.2) is 4.79 Å². The van der Waals surface area contributed by atoms with Gasteiger partial charge in [-0.3, -0.25) is 4.98 Å². The highest BCUT2D eigenvalue weighted by molar-refractivity contribution is 6.05. The number of morpholine rings is 1. The normalized spacial score (nSPS) is 15.1. The predicted octanol–water partition coefficient (Wildman–Crippen LogP) is 2.56. The molecule has 1 fully saturated rings. The van der Waals surface area contributed by atoms with E-state index < -0.39 is 0 Å². The number of fused-ring (bicyclic) bond motifs is 1. The number of ether oxygens (including phenoxy) is 2. The molecular formula is C17H20N2O3. The van der Waals surface area contributed by atoms with Crippen molar-refractivity contribution in [3.63, 3.8) is 0 Å². The number of aromatic nitrogens is 1. The first-order chi connectivity index (χ1) is 10.7. The number of hydrogen-bond acceptors (Lipinski definition) is 5. The van der Waals surface area contributed by atoms with Crippen molar-refractivity contribution in [3.05, 3.63) is 35.5 Å². The van der Waals surface area contributed by atoms with Gasteiger partial charge in [0, 0.05) is 24.7 Å². The number of pyridine rings is 1. The molecule has 2 heterocycles. The van der Waals surface area contributed by atoms with E-state index >= 15 is 0 Å². The number of anilines is 1. The molecule has 5 nitrogen and oxygen atoms in total. The van der Waals surface area contributed by atoms with Gasteiger partial charge in [0.1, 0.15) is 5.56 Å². The van der Waals surface area contributed by atoms with Crippen molar-refractivity contribution in [2.45, 2.75) is 13.8 Å². The summed E-state index contributed by atoms with van der Waals surface area (Å²) in [6, 6.07) is 6.10. The molecule has 116 valence electrons. The molecule has 5 heteroatoms. The standard InChI is InChI=1S/C17H20N2O3/c1-3-22-17(20)14-11-18-15-5-4-12(2)10-13(15)16(14)19-6-8-21-9-7-19/h4-5,10-11H,3,6-9H2,1-2H3. The Morgan fingerprint density at radius 3 is 2.86 bits per heavy atom. The first kappa shape index (κ1) is 14.8. The summed E-state index contributed by atoms with van der Waals surface area (Å²) in [5.41, 5.74) is 3.47. The van der Waals surface area contributed by atoms with E-state index in [1.165, 1.54) is 0 Å².